The van der Waals surface area contributed by atoms with Gasteiger partial charge in [-0.25, -0.2) is 9.97 Å². The molecule has 1 aliphatic rings. The van der Waals surface area contributed by atoms with Crippen LogP contribution in [0.3, 0.4) is 0 Å². The second kappa shape index (κ2) is 6.90. The van der Waals surface area contributed by atoms with Gasteiger partial charge >= 0.3 is 0 Å². The molecule has 0 saturated carbocycles. The van der Waals surface area contributed by atoms with Gasteiger partial charge in [-0.05, 0) is 63.8 Å². The van der Waals surface area contributed by atoms with Crippen LogP contribution in [0.5, 0.6) is 0 Å². The highest BCUT2D eigenvalue weighted by Gasteiger charge is 2.21. The molecule has 1 aromatic rings. The summed E-state index contributed by atoms with van der Waals surface area (Å²) in [6, 6.07) is 0. The Bertz CT molecular complexity index is 440. The van der Waals surface area contributed by atoms with Gasteiger partial charge in [0.1, 0.15) is 5.82 Å². The minimum atomic E-state index is 0.206. The Labute approximate surface area is 127 Å². The van der Waals surface area contributed by atoms with E-state index >= 15 is 0 Å². The van der Waals surface area contributed by atoms with E-state index in [9.17, 15) is 0 Å². The predicted molar refractivity (Wildman–Crippen MR) is 87.1 cm³/mol. The van der Waals surface area contributed by atoms with E-state index in [4.69, 9.17) is 4.98 Å². The number of fused-ring (bicyclic) bond motifs is 1. The van der Waals surface area contributed by atoms with E-state index in [1.165, 1.54) is 17.7 Å². The zero-order valence-electron chi connectivity index (χ0n) is 13.2. The molecule has 0 amide bonds. The minimum Gasteiger partial charge on any atom is -0.312 e. The zero-order valence-corrected chi connectivity index (χ0v) is 14.0. The van der Waals surface area contributed by atoms with E-state index in [1.807, 2.05) is 11.8 Å². The number of rotatable bonds is 5. The Morgan fingerprint density at radius 3 is 2.90 bits per heavy atom. The van der Waals surface area contributed by atoms with Crippen molar-refractivity contribution in [2.45, 2.75) is 58.2 Å². The lowest BCUT2D eigenvalue weighted by Crippen LogP contribution is -2.40. The van der Waals surface area contributed by atoms with E-state index in [0.717, 1.165) is 42.6 Å². The summed E-state index contributed by atoms with van der Waals surface area (Å²) in [4.78, 5) is 9.26. The minimum absolute atomic E-state index is 0.206. The lowest BCUT2D eigenvalue weighted by Gasteiger charge is -2.28. The number of nitrogens with zero attached hydrogens (tertiary/aromatic N) is 2. The largest absolute Gasteiger partial charge is 0.312 e. The number of hydrogen-bond acceptors (Lipinski definition) is 4. The maximum Gasteiger partial charge on any atom is 0.138 e. The van der Waals surface area contributed by atoms with Crippen molar-refractivity contribution in [2.24, 2.45) is 5.92 Å². The molecule has 1 N–H and O–H groups in total. The molecule has 0 saturated heterocycles. The molecule has 0 aromatic carbocycles. The summed E-state index contributed by atoms with van der Waals surface area (Å²) >= 11 is 1.89. The molecule has 4 heteroatoms. The lowest BCUT2D eigenvalue weighted by atomic mass is 9.87. The Kier molecular flexibility index (Phi) is 5.44. The molecule has 1 aliphatic carbocycles. The van der Waals surface area contributed by atoms with Crippen molar-refractivity contribution in [1.82, 2.24) is 15.3 Å². The zero-order chi connectivity index (χ0) is 14.6. The van der Waals surface area contributed by atoms with Crippen molar-refractivity contribution in [2.75, 3.05) is 12.3 Å². The van der Waals surface area contributed by atoms with Crippen LogP contribution in [0, 0.1) is 5.92 Å². The first-order chi connectivity index (χ1) is 9.48. The standard InChI is InChI=1S/C16H27N3S/c1-5-20-11-15-17-10-13-8-12(6-7-14(13)19-15)9-18-16(2,3)4/h10,12,18H,5-9,11H2,1-4H3. The normalized spacial score (nSPS) is 18.9. The van der Waals surface area contributed by atoms with Crippen LogP contribution in [0.4, 0.5) is 0 Å². The highest BCUT2D eigenvalue weighted by Crippen LogP contribution is 2.24. The second-order valence-electron chi connectivity index (χ2n) is 6.64. The molecule has 0 fully saturated rings. The SMILES string of the molecule is CCSCc1ncc2c(n1)CCC(CNC(C)(C)C)C2. The van der Waals surface area contributed by atoms with Gasteiger partial charge in [0.15, 0.2) is 0 Å². The first kappa shape index (κ1) is 15.8. The number of nitrogens with one attached hydrogen (secondary N) is 1. The van der Waals surface area contributed by atoms with Gasteiger partial charge in [0.25, 0.3) is 0 Å². The molecule has 0 bridgehead atoms. The van der Waals surface area contributed by atoms with Crippen molar-refractivity contribution in [1.29, 1.82) is 0 Å². The fourth-order valence-corrected chi connectivity index (χ4v) is 3.04. The molecular weight excluding hydrogens is 266 g/mol. The molecule has 2 rings (SSSR count). The third kappa shape index (κ3) is 4.74. The quantitative estimate of drug-likeness (QED) is 0.904. The summed E-state index contributed by atoms with van der Waals surface area (Å²) in [6.45, 7) is 9.95. The fourth-order valence-electron chi connectivity index (χ4n) is 2.51. The first-order valence-corrected chi connectivity index (χ1v) is 8.80. The van der Waals surface area contributed by atoms with Gasteiger partial charge in [-0.3, -0.25) is 0 Å². The molecule has 112 valence electrons. The molecule has 1 aromatic heterocycles. The monoisotopic (exact) mass is 293 g/mol. The van der Waals surface area contributed by atoms with E-state index < -0.39 is 0 Å². The maximum atomic E-state index is 4.74. The molecule has 3 nitrogen and oxygen atoms in total. The molecule has 1 atom stereocenters. The first-order valence-electron chi connectivity index (χ1n) is 7.64. The van der Waals surface area contributed by atoms with Crippen LogP contribution in [0.2, 0.25) is 0 Å². The highest BCUT2D eigenvalue weighted by atomic mass is 32.2. The van der Waals surface area contributed by atoms with Gasteiger partial charge in [-0.1, -0.05) is 6.92 Å². The molecule has 0 aliphatic heterocycles. The average molecular weight is 293 g/mol. The Balaban J connectivity index is 1.93. The van der Waals surface area contributed by atoms with Crippen molar-refractivity contribution in [3.8, 4) is 0 Å². The topological polar surface area (TPSA) is 37.8 Å². The van der Waals surface area contributed by atoms with Crippen LogP contribution in [0.25, 0.3) is 0 Å². The Morgan fingerprint density at radius 1 is 1.40 bits per heavy atom. The van der Waals surface area contributed by atoms with Crippen molar-refractivity contribution in [3.63, 3.8) is 0 Å². The number of aromatic nitrogens is 2. The highest BCUT2D eigenvalue weighted by molar-refractivity contribution is 7.98. The second-order valence-corrected chi connectivity index (χ2v) is 7.91. The lowest BCUT2D eigenvalue weighted by molar-refractivity contribution is 0.346. The van der Waals surface area contributed by atoms with Crippen LogP contribution in [0.15, 0.2) is 6.20 Å². The van der Waals surface area contributed by atoms with Crippen LogP contribution in [0.1, 0.15) is 51.2 Å². The molecule has 20 heavy (non-hydrogen) atoms. The fraction of sp³-hybridized carbons (Fsp3) is 0.750. The summed E-state index contributed by atoms with van der Waals surface area (Å²) in [7, 11) is 0. The third-order valence-corrected chi connectivity index (χ3v) is 4.53. The van der Waals surface area contributed by atoms with Crippen molar-refractivity contribution in [3.05, 3.63) is 23.3 Å². The molecule has 1 heterocycles. The van der Waals surface area contributed by atoms with Gasteiger partial charge in [0.05, 0.1) is 5.75 Å². The average Bonchev–Trinajstić information content (AvgIpc) is 2.41. The van der Waals surface area contributed by atoms with Crippen LogP contribution >= 0.6 is 11.8 Å². The summed E-state index contributed by atoms with van der Waals surface area (Å²) in [5, 5.41) is 3.62. The van der Waals surface area contributed by atoms with Gasteiger partial charge < -0.3 is 5.32 Å². The number of thioether (sulfide) groups is 1. The number of aryl methyl sites for hydroxylation is 1. The molecule has 0 spiro atoms. The molecule has 1 unspecified atom stereocenters. The molecule has 0 radical (unpaired) electrons. The van der Waals surface area contributed by atoms with Crippen LogP contribution in [-0.2, 0) is 18.6 Å². The maximum absolute atomic E-state index is 4.74. The summed E-state index contributed by atoms with van der Waals surface area (Å²) in [6.07, 6.45) is 5.54. The Hall–Kier alpha value is -0.610. The van der Waals surface area contributed by atoms with Gasteiger partial charge in [-0.2, -0.15) is 11.8 Å². The van der Waals surface area contributed by atoms with Gasteiger partial charge in [0.2, 0.25) is 0 Å². The summed E-state index contributed by atoms with van der Waals surface area (Å²) in [5.41, 5.74) is 2.86. The summed E-state index contributed by atoms with van der Waals surface area (Å²) in [5.74, 6) is 3.79. The Morgan fingerprint density at radius 2 is 2.20 bits per heavy atom. The van der Waals surface area contributed by atoms with Gasteiger partial charge in [0, 0.05) is 17.4 Å². The third-order valence-electron chi connectivity index (χ3n) is 3.66. The van der Waals surface area contributed by atoms with E-state index in [0.29, 0.717) is 0 Å². The van der Waals surface area contributed by atoms with Crippen LogP contribution < -0.4 is 5.32 Å². The number of hydrogen-bond donors (Lipinski definition) is 1. The predicted octanol–water partition coefficient (Wildman–Crippen LogP) is 3.22. The van der Waals surface area contributed by atoms with Crippen LogP contribution in [-0.4, -0.2) is 27.8 Å². The van der Waals surface area contributed by atoms with E-state index in [-0.39, 0.29) is 5.54 Å². The van der Waals surface area contributed by atoms with Crippen molar-refractivity contribution >= 4 is 11.8 Å². The summed E-state index contributed by atoms with van der Waals surface area (Å²) < 4.78 is 0. The molecular formula is C16H27N3S. The van der Waals surface area contributed by atoms with E-state index in [2.05, 4.69) is 44.2 Å². The van der Waals surface area contributed by atoms with Gasteiger partial charge in [-0.15, -0.1) is 0 Å². The van der Waals surface area contributed by atoms with Crippen molar-refractivity contribution < 1.29 is 0 Å². The smallest absolute Gasteiger partial charge is 0.138 e. The van der Waals surface area contributed by atoms with E-state index in [1.54, 1.807) is 0 Å².